The van der Waals surface area contributed by atoms with Crippen LogP contribution in [0.1, 0.15) is 5.56 Å². The van der Waals surface area contributed by atoms with Crippen molar-refractivity contribution in [2.45, 2.75) is 0 Å². The van der Waals surface area contributed by atoms with E-state index < -0.39 is 11.8 Å². The summed E-state index contributed by atoms with van der Waals surface area (Å²) in [6.45, 7) is -0.323. The smallest absolute Gasteiger partial charge is 0.319 e. The van der Waals surface area contributed by atoms with Gasteiger partial charge in [-0.25, -0.2) is 9.18 Å². The molecule has 0 fully saturated rings. The predicted octanol–water partition coefficient (Wildman–Crippen LogP) is 0.921. The van der Waals surface area contributed by atoms with Crippen LogP contribution in [0.25, 0.3) is 0 Å². The van der Waals surface area contributed by atoms with Gasteiger partial charge in [0.1, 0.15) is 12.4 Å². The molecule has 2 amide bonds. The lowest BCUT2D eigenvalue weighted by molar-refractivity contribution is 0.254. The Morgan fingerprint density at radius 1 is 1.56 bits per heavy atom. The van der Waals surface area contributed by atoms with E-state index >= 15 is 0 Å². The third kappa shape index (κ3) is 3.26. The quantitative estimate of drug-likeness (QED) is 0.619. The van der Waals surface area contributed by atoms with Crippen LogP contribution < -0.4 is 10.6 Å². The maximum absolute atomic E-state index is 12.9. The summed E-state index contributed by atoms with van der Waals surface area (Å²) in [6, 6.07) is 3.40. The first kappa shape index (κ1) is 12.0. The van der Waals surface area contributed by atoms with Gasteiger partial charge in [-0.05, 0) is 18.2 Å². The zero-order valence-electron chi connectivity index (χ0n) is 8.67. The topological polar surface area (TPSA) is 61.4 Å². The Morgan fingerprint density at radius 2 is 2.31 bits per heavy atom. The zero-order chi connectivity index (χ0) is 12.0. The summed E-state index contributed by atoms with van der Waals surface area (Å²) in [6.07, 6.45) is 0. The molecule has 3 N–H and O–H groups in total. The molecule has 1 rings (SSSR count). The monoisotopic (exact) mass is 222 g/mol. The van der Waals surface area contributed by atoms with Crippen molar-refractivity contribution in [1.29, 1.82) is 0 Å². The number of carbonyl (C=O) groups is 1. The van der Waals surface area contributed by atoms with E-state index in [2.05, 4.69) is 22.5 Å². The minimum atomic E-state index is -0.454. The fraction of sp³-hybridized carbons (Fsp3) is 0.182. The number of benzene rings is 1. The molecular formula is C11H11FN2O2. The van der Waals surface area contributed by atoms with Crippen LogP contribution in [0.3, 0.4) is 0 Å². The third-order valence-corrected chi connectivity index (χ3v) is 1.76. The van der Waals surface area contributed by atoms with Crippen LogP contribution in [0, 0.1) is 17.7 Å². The van der Waals surface area contributed by atoms with E-state index in [1.807, 2.05) is 0 Å². The Bertz CT molecular complexity index is 449. The molecule has 0 heterocycles. The summed E-state index contributed by atoms with van der Waals surface area (Å²) < 4.78 is 12.9. The standard InChI is InChI=1S/C11H11FN2O2/c1-13-11(16)14-10-5-4-9(12)7-8(10)3-2-6-15/h4-5,7,15H,6H2,1H3,(H2,13,14,16). The summed E-state index contributed by atoms with van der Waals surface area (Å²) in [5.41, 5.74) is 0.708. The molecule has 0 unspecified atom stereocenters. The lowest BCUT2D eigenvalue weighted by Crippen LogP contribution is -2.24. The minimum absolute atomic E-state index is 0.317. The van der Waals surface area contributed by atoms with Crippen LogP contribution >= 0.6 is 0 Å². The van der Waals surface area contributed by atoms with Gasteiger partial charge in [0, 0.05) is 7.05 Å². The van der Waals surface area contributed by atoms with Gasteiger partial charge in [0.2, 0.25) is 0 Å². The lowest BCUT2D eigenvalue weighted by Gasteiger charge is -2.06. The van der Waals surface area contributed by atoms with E-state index in [1.165, 1.54) is 25.2 Å². The van der Waals surface area contributed by atoms with Gasteiger partial charge >= 0.3 is 6.03 Å². The van der Waals surface area contributed by atoms with E-state index in [-0.39, 0.29) is 6.61 Å². The van der Waals surface area contributed by atoms with Crippen LogP contribution in [0.5, 0.6) is 0 Å². The molecule has 0 aromatic heterocycles. The van der Waals surface area contributed by atoms with Gasteiger partial charge < -0.3 is 15.7 Å². The molecule has 0 radical (unpaired) electrons. The molecule has 0 saturated heterocycles. The van der Waals surface area contributed by atoms with Crippen molar-refractivity contribution >= 4 is 11.7 Å². The normalized spacial score (nSPS) is 8.94. The molecule has 0 bridgehead atoms. The molecule has 84 valence electrons. The van der Waals surface area contributed by atoms with Crippen molar-refractivity contribution in [3.05, 3.63) is 29.6 Å². The first-order chi connectivity index (χ1) is 7.67. The minimum Gasteiger partial charge on any atom is -0.384 e. The second-order valence-corrected chi connectivity index (χ2v) is 2.85. The highest BCUT2D eigenvalue weighted by atomic mass is 19.1. The third-order valence-electron chi connectivity index (χ3n) is 1.76. The Balaban J connectivity index is 3.02. The number of hydrogen-bond donors (Lipinski definition) is 3. The Morgan fingerprint density at radius 3 is 2.94 bits per heavy atom. The molecule has 4 nitrogen and oxygen atoms in total. The molecule has 1 aromatic carbocycles. The molecule has 0 aliphatic rings. The van der Waals surface area contributed by atoms with Gasteiger partial charge in [0.05, 0.1) is 11.3 Å². The summed E-state index contributed by atoms with van der Waals surface area (Å²) >= 11 is 0. The molecule has 0 aliphatic carbocycles. The van der Waals surface area contributed by atoms with Gasteiger partial charge in [-0.15, -0.1) is 0 Å². The fourth-order valence-electron chi connectivity index (χ4n) is 1.05. The van der Waals surface area contributed by atoms with Crippen molar-refractivity contribution in [1.82, 2.24) is 5.32 Å². The summed E-state index contributed by atoms with van der Waals surface area (Å²) in [5.74, 6) is 4.49. The van der Waals surface area contributed by atoms with E-state index in [4.69, 9.17) is 5.11 Å². The fourth-order valence-corrected chi connectivity index (χ4v) is 1.05. The van der Waals surface area contributed by atoms with Gasteiger partial charge in [0.25, 0.3) is 0 Å². The van der Waals surface area contributed by atoms with Crippen molar-refractivity contribution < 1.29 is 14.3 Å². The number of urea groups is 1. The number of amides is 2. The second kappa shape index (κ2) is 5.73. The van der Waals surface area contributed by atoms with E-state index in [0.29, 0.717) is 11.3 Å². The van der Waals surface area contributed by atoms with Crippen LogP contribution in [0.4, 0.5) is 14.9 Å². The average Bonchev–Trinajstić information content (AvgIpc) is 2.29. The average molecular weight is 222 g/mol. The molecule has 0 aliphatic heterocycles. The maximum Gasteiger partial charge on any atom is 0.319 e. The van der Waals surface area contributed by atoms with Gasteiger partial charge in [-0.2, -0.15) is 0 Å². The second-order valence-electron chi connectivity index (χ2n) is 2.85. The summed E-state index contributed by atoms with van der Waals surface area (Å²) in [5, 5.41) is 13.4. The number of halogens is 1. The van der Waals surface area contributed by atoms with E-state index in [9.17, 15) is 9.18 Å². The van der Waals surface area contributed by atoms with Crippen LogP contribution in [-0.4, -0.2) is 24.8 Å². The largest absolute Gasteiger partial charge is 0.384 e. The highest BCUT2D eigenvalue weighted by Gasteiger charge is 2.04. The highest BCUT2D eigenvalue weighted by molar-refractivity contribution is 5.90. The van der Waals surface area contributed by atoms with E-state index in [1.54, 1.807) is 0 Å². The van der Waals surface area contributed by atoms with Crippen molar-refractivity contribution in [3.8, 4) is 11.8 Å². The SMILES string of the molecule is CNC(=O)Nc1ccc(F)cc1C#CCO. The molecule has 5 heteroatoms. The number of anilines is 1. The predicted molar refractivity (Wildman–Crippen MR) is 58.4 cm³/mol. The molecular weight excluding hydrogens is 211 g/mol. The Labute approximate surface area is 92.5 Å². The van der Waals surface area contributed by atoms with Gasteiger partial charge in [-0.1, -0.05) is 11.8 Å². The highest BCUT2D eigenvalue weighted by Crippen LogP contribution is 2.15. The maximum atomic E-state index is 12.9. The van der Waals surface area contributed by atoms with Gasteiger partial charge in [-0.3, -0.25) is 0 Å². The lowest BCUT2D eigenvalue weighted by atomic mass is 10.2. The summed E-state index contributed by atoms with van der Waals surface area (Å²) in [7, 11) is 1.47. The number of rotatable bonds is 1. The number of nitrogens with one attached hydrogen (secondary N) is 2. The van der Waals surface area contributed by atoms with Crippen LogP contribution in [0.15, 0.2) is 18.2 Å². The molecule has 0 saturated carbocycles. The van der Waals surface area contributed by atoms with Gasteiger partial charge in [0.15, 0.2) is 0 Å². The molecule has 1 aromatic rings. The number of hydrogen-bond acceptors (Lipinski definition) is 2. The molecule has 0 spiro atoms. The van der Waals surface area contributed by atoms with E-state index in [0.717, 1.165) is 0 Å². The van der Waals surface area contributed by atoms with Crippen molar-refractivity contribution in [3.63, 3.8) is 0 Å². The zero-order valence-corrected chi connectivity index (χ0v) is 8.67. The van der Waals surface area contributed by atoms with Crippen LogP contribution in [-0.2, 0) is 0 Å². The number of carbonyl (C=O) groups excluding carboxylic acids is 1. The van der Waals surface area contributed by atoms with Crippen molar-refractivity contribution in [2.75, 3.05) is 19.0 Å². The Kier molecular flexibility index (Phi) is 4.30. The number of aliphatic hydroxyl groups is 1. The van der Waals surface area contributed by atoms with Crippen LogP contribution in [0.2, 0.25) is 0 Å². The molecule has 16 heavy (non-hydrogen) atoms. The molecule has 0 atom stereocenters. The Hall–Kier alpha value is -2.06. The first-order valence-corrected chi connectivity index (χ1v) is 4.55. The number of aliphatic hydroxyl groups excluding tert-OH is 1. The summed E-state index contributed by atoms with van der Waals surface area (Å²) in [4.78, 5) is 11.1. The first-order valence-electron chi connectivity index (χ1n) is 4.55. The van der Waals surface area contributed by atoms with Crippen molar-refractivity contribution in [2.24, 2.45) is 0 Å².